The Labute approximate surface area is 227 Å². The zero-order valence-electron chi connectivity index (χ0n) is 22.1. The first kappa shape index (κ1) is 27.6. The summed E-state index contributed by atoms with van der Waals surface area (Å²) in [5.41, 5.74) is 3.60. The van der Waals surface area contributed by atoms with Crippen molar-refractivity contribution in [3.63, 3.8) is 0 Å². The molecule has 4 rings (SSSR count). The Kier molecular flexibility index (Phi) is 8.95. The van der Waals surface area contributed by atoms with Crippen LogP contribution in [0.2, 0.25) is 5.02 Å². The molecule has 1 saturated heterocycles. The predicted molar refractivity (Wildman–Crippen MR) is 148 cm³/mol. The van der Waals surface area contributed by atoms with E-state index in [-0.39, 0.29) is 17.1 Å². The molecular formula is C28H36ClN3O4S. The average Bonchev–Trinajstić information content (AvgIpc) is 3.28. The minimum absolute atomic E-state index is 0.173. The van der Waals surface area contributed by atoms with E-state index in [2.05, 4.69) is 16.9 Å². The van der Waals surface area contributed by atoms with Gasteiger partial charge in [0.25, 0.3) is 0 Å². The molecule has 0 saturated carbocycles. The van der Waals surface area contributed by atoms with E-state index in [1.807, 2.05) is 62.7 Å². The van der Waals surface area contributed by atoms with Gasteiger partial charge in [-0.25, -0.2) is 13.6 Å². The number of rotatable bonds is 9. The fourth-order valence-electron chi connectivity index (χ4n) is 4.02. The summed E-state index contributed by atoms with van der Waals surface area (Å²) in [6.45, 7) is 8.54. The van der Waals surface area contributed by atoms with E-state index in [4.69, 9.17) is 30.9 Å². The molecular weight excluding hydrogens is 510 g/mol. The zero-order valence-corrected chi connectivity index (χ0v) is 23.7. The summed E-state index contributed by atoms with van der Waals surface area (Å²) in [4.78, 5) is 0. The quantitative estimate of drug-likeness (QED) is 0.349. The lowest BCUT2D eigenvalue weighted by Gasteiger charge is -2.23. The number of hydrogen-bond acceptors (Lipinski definition) is 5. The lowest BCUT2D eigenvalue weighted by Crippen LogP contribution is -2.35. The highest BCUT2D eigenvalue weighted by atomic mass is 35.5. The molecule has 0 amide bonds. The zero-order chi connectivity index (χ0) is 26.6. The lowest BCUT2D eigenvalue weighted by atomic mass is 10.1. The number of benzene rings is 2. The van der Waals surface area contributed by atoms with Crippen molar-refractivity contribution in [3.8, 4) is 17.2 Å². The van der Waals surface area contributed by atoms with E-state index in [9.17, 15) is 4.21 Å². The minimum atomic E-state index is -1.23. The number of ether oxygens (including phenoxy) is 3. The Bertz CT molecular complexity index is 1220. The van der Waals surface area contributed by atoms with Crippen molar-refractivity contribution < 1.29 is 18.4 Å². The molecule has 0 bridgehead atoms. The molecule has 37 heavy (non-hydrogen) atoms. The summed E-state index contributed by atoms with van der Waals surface area (Å²) in [6.07, 6.45) is 3.59. The van der Waals surface area contributed by atoms with Gasteiger partial charge in [0, 0.05) is 24.6 Å². The van der Waals surface area contributed by atoms with Gasteiger partial charge in [0.05, 0.1) is 51.9 Å². The minimum Gasteiger partial charge on any atom is -0.497 e. The summed E-state index contributed by atoms with van der Waals surface area (Å²) in [5.74, 6) is 1.47. The van der Waals surface area contributed by atoms with Gasteiger partial charge in [0.15, 0.2) is 6.29 Å². The van der Waals surface area contributed by atoms with Gasteiger partial charge in [-0.2, -0.15) is 5.10 Å². The van der Waals surface area contributed by atoms with Crippen molar-refractivity contribution in [2.24, 2.45) is 0 Å². The molecule has 1 aromatic heterocycles. The topological polar surface area (TPSA) is 74.6 Å². The fraction of sp³-hybridized carbons (Fsp3) is 0.464. The fourth-order valence-corrected chi connectivity index (χ4v) is 5.07. The Morgan fingerprint density at radius 2 is 1.89 bits per heavy atom. The first-order valence-corrected chi connectivity index (χ1v) is 14.1. The molecule has 0 radical (unpaired) electrons. The third-order valence-electron chi connectivity index (χ3n) is 6.18. The van der Waals surface area contributed by atoms with E-state index in [1.165, 1.54) is 0 Å². The number of aromatic nitrogens is 2. The Morgan fingerprint density at radius 1 is 1.16 bits per heavy atom. The average molecular weight is 546 g/mol. The molecule has 0 spiro atoms. The molecule has 3 atom stereocenters. The van der Waals surface area contributed by atoms with E-state index in [0.717, 1.165) is 54.3 Å². The van der Waals surface area contributed by atoms with Crippen LogP contribution in [0.5, 0.6) is 11.5 Å². The maximum atomic E-state index is 12.7. The van der Waals surface area contributed by atoms with Gasteiger partial charge in [-0.05, 0) is 76.4 Å². The summed E-state index contributed by atoms with van der Waals surface area (Å²) in [5, 5.41) is 5.41. The normalized spacial score (nSPS) is 17.8. The van der Waals surface area contributed by atoms with E-state index in [0.29, 0.717) is 17.2 Å². The van der Waals surface area contributed by atoms with Crippen molar-refractivity contribution >= 4 is 22.6 Å². The number of nitrogens with one attached hydrogen (secondary N) is 1. The van der Waals surface area contributed by atoms with Crippen molar-refractivity contribution in [2.45, 2.75) is 70.5 Å². The Morgan fingerprint density at radius 3 is 2.51 bits per heavy atom. The Balaban J connectivity index is 1.60. The van der Waals surface area contributed by atoms with Crippen LogP contribution in [0, 0.1) is 0 Å². The number of hydrogen-bond donors (Lipinski definition) is 1. The van der Waals surface area contributed by atoms with Crippen LogP contribution < -0.4 is 14.2 Å². The van der Waals surface area contributed by atoms with Gasteiger partial charge in [0.2, 0.25) is 0 Å². The molecule has 0 aliphatic carbocycles. The second-order valence-electron chi connectivity index (χ2n) is 10.2. The van der Waals surface area contributed by atoms with Crippen molar-refractivity contribution in [3.05, 3.63) is 70.5 Å². The van der Waals surface area contributed by atoms with Crippen LogP contribution in [0.15, 0.2) is 48.5 Å². The maximum Gasteiger partial charge on any atom is 0.199 e. The van der Waals surface area contributed by atoms with Crippen LogP contribution in [-0.4, -0.2) is 38.7 Å². The largest absolute Gasteiger partial charge is 0.497 e. The molecule has 1 fully saturated rings. The van der Waals surface area contributed by atoms with Crippen LogP contribution in [0.4, 0.5) is 0 Å². The SMILES string of the molecule is COc1ccc(-n2nc([C@@H](C)NS(=O)C(C)(C)C)cc2Cc2ccc(OC3CCCCO3)cc2)c(Cl)c1. The molecule has 200 valence electrons. The monoisotopic (exact) mass is 545 g/mol. The van der Waals surface area contributed by atoms with Gasteiger partial charge < -0.3 is 14.2 Å². The van der Waals surface area contributed by atoms with E-state index >= 15 is 0 Å². The third-order valence-corrected chi connectivity index (χ3v) is 8.17. The lowest BCUT2D eigenvalue weighted by molar-refractivity contribution is -0.105. The summed E-state index contributed by atoms with van der Waals surface area (Å²) < 4.78 is 34.4. The van der Waals surface area contributed by atoms with E-state index in [1.54, 1.807) is 13.2 Å². The highest BCUT2D eigenvalue weighted by Crippen LogP contribution is 2.29. The van der Waals surface area contributed by atoms with Crippen LogP contribution in [0.3, 0.4) is 0 Å². The highest BCUT2D eigenvalue weighted by molar-refractivity contribution is 7.84. The smallest absolute Gasteiger partial charge is 0.199 e. The standard InChI is InChI=1S/C28H36ClN3O4S/c1-19(31-37(33)28(2,3)4)25-17-21(32(30-25)26-14-13-23(34-5)18-24(26)29)16-20-9-11-22(12-10-20)36-27-8-6-7-15-35-27/h9-14,17-19,27,31H,6-8,15-16H2,1-5H3/t19-,27?,37?/m1/s1. The Hall–Kier alpha value is -2.39. The number of methoxy groups -OCH3 is 1. The van der Waals surface area contributed by atoms with Crippen LogP contribution in [-0.2, 0) is 22.1 Å². The van der Waals surface area contributed by atoms with Crippen LogP contribution in [0.25, 0.3) is 5.69 Å². The van der Waals surface area contributed by atoms with Gasteiger partial charge in [-0.3, -0.25) is 0 Å². The van der Waals surface area contributed by atoms with Crippen molar-refractivity contribution in [2.75, 3.05) is 13.7 Å². The molecule has 2 heterocycles. The summed E-state index contributed by atoms with van der Waals surface area (Å²) >= 11 is 6.63. The van der Waals surface area contributed by atoms with E-state index < -0.39 is 11.0 Å². The number of nitrogens with zero attached hydrogens (tertiary/aromatic N) is 2. The molecule has 7 nitrogen and oxygen atoms in total. The summed E-state index contributed by atoms with van der Waals surface area (Å²) in [6, 6.07) is 15.4. The second-order valence-corrected chi connectivity index (χ2v) is 12.7. The first-order chi connectivity index (χ1) is 17.6. The molecule has 1 N–H and O–H groups in total. The molecule has 1 aliphatic rings. The molecule has 1 aliphatic heterocycles. The van der Waals surface area contributed by atoms with Crippen molar-refractivity contribution in [1.29, 1.82) is 0 Å². The third kappa shape index (κ3) is 7.13. The molecule has 2 unspecified atom stereocenters. The molecule has 2 aromatic carbocycles. The molecule has 3 aromatic rings. The number of halogens is 1. The van der Waals surface area contributed by atoms with Crippen LogP contribution in [0.1, 0.15) is 70.0 Å². The predicted octanol–water partition coefficient (Wildman–Crippen LogP) is 6.14. The highest BCUT2D eigenvalue weighted by Gasteiger charge is 2.24. The van der Waals surface area contributed by atoms with Gasteiger partial charge in [-0.1, -0.05) is 23.7 Å². The van der Waals surface area contributed by atoms with Gasteiger partial charge in [-0.15, -0.1) is 0 Å². The van der Waals surface area contributed by atoms with Gasteiger partial charge >= 0.3 is 0 Å². The van der Waals surface area contributed by atoms with Crippen LogP contribution >= 0.6 is 11.6 Å². The second kappa shape index (κ2) is 12.0. The summed E-state index contributed by atoms with van der Waals surface area (Å²) in [7, 11) is 0.382. The molecule has 9 heteroatoms. The van der Waals surface area contributed by atoms with Gasteiger partial charge in [0.1, 0.15) is 11.5 Å². The van der Waals surface area contributed by atoms with Crippen molar-refractivity contribution in [1.82, 2.24) is 14.5 Å². The first-order valence-electron chi connectivity index (χ1n) is 12.6. The maximum absolute atomic E-state index is 12.7.